The van der Waals surface area contributed by atoms with Gasteiger partial charge in [-0.15, -0.1) is 0 Å². The van der Waals surface area contributed by atoms with Crippen molar-refractivity contribution in [2.75, 3.05) is 38.3 Å². The number of carbonyl (C=O) groups excluding carboxylic acids is 2. The summed E-state index contributed by atoms with van der Waals surface area (Å²) in [6.07, 6.45) is 6.89. The van der Waals surface area contributed by atoms with E-state index in [0.29, 0.717) is 74.8 Å². The van der Waals surface area contributed by atoms with Crippen molar-refractivity contribution in [2.24, 2.45) is 0 Å². The lowest BCUT2D eigenvalue weighted by Gasteiger charge is -2.24. The van der Waals surface area contributed by atoms with E-state index in [1.165, 1.54) is 26.6 Å². The molecule has 5 heterocycles. The fourth-order valence-corrected chi connectivity index (χ4v) is 5.00. The first-order chi connectivity index (χ1) is 19.9. The molecule has 1 aliphatic rings. The number of ether oxygens (including phenoxy) is 1. The minimum atomic E-state index is -0.425. The maximum atomic E-state index is 13.3. The van der Waals surface area contributed by atoms with Crippen LogP contribution in [0.5, 0.6) is 0 Å². The zero-order valence-electron chi connectivity index (χ0n) is 23.2. The molecule has 0 atom stereocenters. The number of aromatic nitrogens is 5. The fraction of sp³-hybridized carbons (Fsp3) is 0.429. The number of anilines is 1. The Morgan fingerprint density at radius 2 is 2.00 bits per heavy atom. The topological polar surface area (TPSA) is 149 Å². The van der Waals surface area contributed by atoms with E-state index >= 15 is 0 Å². The first-order valence-electron chi connectivity index (χ1n) is 13.7. The number of aryl methyl sites for hydroxylation is 1. The van der Waals surface area contributed by atoms with Gasteiger partial charge in [-0.25, -0.2) is 14.8 Å². The molecular formula is C28H33N7O6. The summed E-state index contributed by atoms with van der Waals surface area (Å²) in [5, 5.41) is 0. The van der Waals surface area contributed by atoms with Gasteiger partial charge in [0.1, 0.15) is 23.4 Å². The number of hydrogen-bond donors (Lipinski definition) is 1. The van der Waals surface area contributed by atoms with E-state index in [1.54, 1.807) is 36.4 Å². The van der Waals surface area contributed by atoms with Gasteiger partial charge in [0.05, 0.1) is 11.8 Å². The largest absolute Gasteiger partial charge is 0.472 e. The normalized spacial score (nSPS) is 13.4. The molecule has 1 N–H and O–H groups in total. The summed E-state index contributed by atoms with van der Waals surface area (Å²) >= 11 is 0. The van der Waals surface area contributed by atoms with Crippen molar-refractivity contribution in [2.45, 2.75) is 45.7 Å². The minimum absolute atomic E-state index is 0.0765. The lowest BCUT2D eigenvalue weighted by molar-refractivity contribution is -0.127. The molecule has 0 spiro atoms. The minimum Gasteiger partial charge on any atom is -0.472 e. The Morgan fingerprint density at radius 1 is 1.15 bits per heavy atom. The lowest BCUT2D eigenvalue weighted by Crippen LogP contribution is -2.40. The molecule has 0 saturated carbocycles. The van der Waals surface area contributed by atoms with Crippen LogP contribution in [0.25, 0.3) is 22.6 Å². The summed E-state index contributed by atoms with van der Waals surface area (Å²) < 4.78 is 13.0. The van der Waals surface area contributed by atoms with E-state index in [4.69, 9.17) is 9.15 Å². The van der Waals surface area contributed by atoms with Crippen molar-refractivity contribution in [3.05, 3.63) is 63.3 Å². The molecule has 216 valence electrons. The third kappa shape index (κ3) is 5.71. The van der Waals surface area contributed by atoms with Crippen molar-refractivity contribution in [1.82, 2.24) is 29.0 Å². The van der Waals surface area contributed by atoms with Gasteiger partial charge in [0.25, 0.3) is 11.5 Å². The van der Waals surface area contributed by atoms with Crippen molar-refractivity contribution in [1.29, 1.82) is 0 Å². The summed E-state index contributed by atoms with van der Waals surface area (Å²) in [5.74, 6) is 0.545. The van der Waals surface area contributed by atoms with Gasteiger partial charge in [-0.2, -0.15) is 0 Å². The van der Waals surface area contributed by atoms with Crippen molar-refractivity contribution in [3.8, 4) is 11.4 Å². The number of rotatable bonds is 12. The number of carbonyl (C=O) groups is 2. The van der Waals surface area contributed by atoms with Gasteiger partial charge < -0.3 is 19.0 Å². The van der Waals surface area contributed by atoms with Crippen LogP contribution in [0, 0.1) is 0 Å². The predicted molar refractivity (Wildman–Crippen MR) is 151 cm³/mol. The summed E-state index contributed by atoms with van der Waals surface area (Å²) in [7, 11) is 1.59. The number of furan rings is 1. The molecule has 0 radical (unpaired) electrons. The smallest absolute Gasteiger partial charge is 0.332 e. The maximum Gasteiger partial charge on any atom is 0.332 e. The number of likely N-dealkylation sites (tertiary alicyclic amines) is 1. The summed E-state index contributed by atoms with van der Waals surface area (Å²) in [4.78, 5) is 67.2. The number of fused-ring (bicyclic) bond motifs is 1. The second-order valence-electron chi connectivity index (χ2n) is 9.88. The van der Waals surface area contributed by atoms with Gasteiger partial charge in [-0.3, -0.25) is 28.4 Å². The van der Waals surface area contributed by atoms with Crippen LogP contribution in [0.4, 0.5) is 5.82 Å². The molecular weight excluding hydrogens is 530 g/mol. The van der Waals surface area contributed by atoms with Gasteiger partial charge in [-0.05, 0) is 37.5 Å². The molecule has 0 unspecified atom stereocenters. The number of amides is 2. The Morgan fingerprint density at radius 3 is 2.66 bits per heavy atom. The molecule has 2 amide bonds. The maximum absolute atomic E-state index is 13.3. The van der Waals surface area contributed by atoms with Crippen LogP contribution in [-0.4, -0.2) is 74.2 Å². The molecule has 1 saturated heterocycles. The van der Waals surface area contributed by atoms with Crippen LogP contribution in [-0.2, 0) is 22.6 Å². The highest BCUT2D eigenvalue weighted by molar-refractivity contribution is 6.05. The van der Waals surface area contributed by atoms with E-state index in [2.05, 4.69) is 15.0 Å². The number of aromatic amines is 1. The van der Waals surface area contributed by atoms with Crippen LogP contribution >= 0.6 is 0 Å². The number of imidazole rings is 1. The summed E-state index contributed by atoms with van der Waals surface area (Å²) in [5.41, 5.74) is 0.628. The molecule has 5 rings (SSSR count). The first kappa shape index (κ1) is 28.0. The highest BCUT2D eigenvalue weighted by atomic mass is 16.5. The number of nitrogens with one attached hydrogen (secondary N) is 1. The number of methoxy groups -OCH3 is 1. The quantitative estimate of drug-likeness (QED) is 0.258. The Bertz CT molecular complexity index is 1640. The van der Waals surface area contributed by atoms with E-state index in [-0.39, 0.29) is 29.5 Å². The van der Waals surface area contributed by atoms with E-state index in [1.807, 2.05) is 6.92 Å². The summed E-state index contributed by atoms with van der Waals surface area (Å²) in [6.45, 7) is 4.33. The number of pyridine rings is 1. The monoisotopic (exact) mass is 563 g/mol. The second kappa shape index (κ2) is 12.3. The molecule has 4 aromatic heterocycles. The molecule has 0 aromatic carbocycles. The zero-order valence-corrected chi connectivity index (χ0v) is 23.2. The van der Waals surface area contributed by atoms with Crippen LogP contribution in [0.15, 0.2) is 50.9 Å². The van der Waals surface area contributed by atoms with Crippen molar-refractivity contribution < 1.29 is 18.7 Å². The standard InChI is InChI=1S/C28H33N7O6/c1-3-10-35-27(38)23-25(34(28(35)39)12-5-15-40-2)31-24(30-23)19-7-8-21(29-17-19)33(26(37)20-9-16-41-18-20)14-13-32-11-4-6-22(32)36/h7-9,16-18H,3-6,10-15H2,1-2H3,(H,30,31). The van der Waals surface area contributed by atoms with E-state index in [0.717, 1.165) is 6.42 Å². The van der Waals surface area contributed by atoms with E-state index < -0.39 is 11.2 Å². The zero-order chi connectivity index (χ0) is 28.9. The first-order valence-corrected chi connectivity index (χ1v) is 13.7. The third-order valence-corrected chi connectivity index (χ3v) is 7.11. The number of H-pyrrole nitrogens is 1. The van der Waals surface area contributed by atoms with Crippen molar-refractivity contribution in [3.63, 3.8) is 0 Å². The molecule has 13 nitrogen and oxygen atoms in total. The SMILES string of the molecule is CCCn1c(=O)c2[nH]c(-c3ccc(N(CCN4CCCC4=O)C(=O)c4ccoc4)nc3)nc2n(CCCOC)c1=O. The van der Waals surface area contributed by atoms with Crippen molar-refractivity contribution >= 4 is 28.8 Å². The van der Waals surface area contributed by atoms with Gasteiger partial charge in [-0.1, -0.05) is 6.92 Å². The second-order valence-corrected chi connectivity index (χ2v) is 9.88. The van der Waals surface area contributed by atoms with Crippen LogP contribution < -0.4 is 16.1 Å². The van der Waals surface area contributed by atoms with Gasteiger partial charge in [0, 0.05) is 64.6 Å². The highest BCUT2D eigenvalue weighted by Crippen LogP contribution is 2.22. The Balaban J connectivity index is 1.47. The van der Waals surface area contributed by atoms with Gasteiger partial charge in [0.2, 0.25) is 5.91 Å². The Labute approximate surface area is 235 Å². The molecule has 1 fully saturated rings. The predicted octanol–water partition coefficient (Wildman–Crippen LogP) is 2.26. The third-order valence-electron chi connectivity index (χ3n) is 7.11. The molecule has 13 heteroatoms. The summed E-state index contributed by atoms with van der Waals surface area (Å²) in [6, 6.07) is 5.01. The highest BCUT2D eigenvalue weighted by Gasteiger charge is 2.25. The number of nitrogens with zero attached hydrogens (tertiary/aromatic N) is 6. The molecule has 0 bridgehead atoms. The molecule has 0 aliphatic carbocycles. The molecule has 41 heavy (non-hydrogen) atoms. The number of hydrogen-bond acceptors (Lipinski definition) is 8. The fourth-order valence-electron chi connectivity index (χ4n) is 5.00. The van der Waals surface area contributed by atoms with Crippen LogP contribution in [0.3, 0.4) is 0 Å². The van der Waals surface area contributed by atoms with Gasteiger partial charge >= 0.3 is 5.69 Å². The van der Waals surface area contributed by atoms with Gasteiger partial charge in [0.15, 0.2) is 5.65 Å². The van der Waals surface area contributed by atoms with Crippen LogP contribution in [0.2, 0.25) is 0 Å². The average Bonchev–Trinajstić information content (AvgIpc) is 3.75. The Hall–Kier alpha value is -4.52. The van der Waals surface area contributed by atoms with E-state index in [9.17, 15) is 19.2 Å². The Kier molecular flexibility index (Phi) is 8.43. The molecule has 4 aromatic rings. The van der Waals surface area contributed by atoms with Crippen LogP contribution in [0.1, 0.15) is 43.0 Å². The molecule has 1 aliphatic heterocycles. The average molecular weight is 564 g/mol. The lowest BCUT2D eigenvalue weighted by atomic mass is 10.2.